The summed E-state index contributed by atoms with van der Waals surface area (Å²) in [4.78, 5) is 0. The second-order valence-corrected chi connectivity index (χ2v) is 6.45. The quantitative estimate of drug-likeness (QED) is 0.693. The number of hydrogen-bond acceptors (Lipinski definition) is 2. The number of aromatic nitrogens is 1. The van der Waals surface area contributed by atoms with Gasteiger partial charge in [0.25, 0.3) is 0 Å². The first-order valence-corrected chi connectivity index (χ1v) is 8.67. The van der Waals surface area contributed by atoms with Crippen molar-refractivity contribution in [2.24, 2.45) is 0 Å². The maximum Gasteiger partial charge on any atom is 0.0584 e. The zero-order valence-electron chi connectivity index (χ0n) is 14.5. The number of fused-ring (bicyclic) bond motifs is 1. The number of benzene rings is 2. The monoisotopic (exact) mass is 322 g/mol. The standard InChI is InChI=1S/C21H26N2O/c1-3-19(15-24)22-12-18-14-23(21-7-5-4-6-20(18)21)13-17-10-8-16(2)9-11-17/h4-11,14,19,22,24H,3,12-13,15H2,1-2H3/t19-/m0/s1. The maximum absolute atomic E-state index is 9.37. The molecule has 1 heterocycles. The zero-order chi connectivity index (χ0) is 16.9. The minimum absolute atomic E-state index is 0.157. The van der Waals surface area contributed by atoms with Gasteiger partial charge >= 0.3 is 0 Å². The minimum atomic E-state index is 0.157. The first kappa shape index (κ1) is 16.7. The molecule has 1 atom stereocenters. The lowest BCUT2D eigenvalue weighted by atomic mass is 10.1. The van der Waals surface area contributed by atoms with Crippen LogP contribution < -0.4 is 5.32 Å². The molecule has 0 radical (unpaired) electrons. The molecule has 0 unspecified atom stereocenters. The van der Waals surface area contributed by atoms with E-state index in [0.717, 1.165) is 19.5 Å². The Hall–Kier alpha value is -2.10. The third-order valence-corrected chi connectivity index (χ3v) is 4.64. The summed E-state index contributed by atoms with van der Waals surface area (Å²) in [5, 5.41) is 14.1. The van der Waals surface area contributed by atoms with E-state index in [4.69, 9.17) is 0 Å². The normalized spacial score (nSPS) is 12.6. The van der Waals surface area contributed by atoms with Crippen molar-refractivity contribution in [1.29, 1.82) is 0 Å². The van der Waals surface area contributed by atoms with Gasteiger partial charge in [-0.05, 0) is 30.5 Å². The fraction of sp³-hybridized carbons (Fsp3) is 0.333. The number of aliphatic hydroxyl groups is 1. The molecule has 24 heavy (non-hydrogen) atoms. The van der Waals surface area contributed by atoms with Gasteiger partial charge in [0, 0.05) is 36.2 Å². The molecular weight excluding hydrogens is 296 g/mol. The second-order valence-electron chi connectivity index (χ2n) is 6.45. The van der Waals surface area contributed by atoms with Gasteiger partial charge in [0.1, 0.15) is 0 Å². The number of aliphatic hydroxyl groups excluding tert-OH is 1. The van der Waals surface area contributed by atoms with Gasteiger partial charge < -0.3 is 15.0 Å². The molecule has 2 N–H and O–H groups in total. The van der Waals surface area contributed by atoms with Gasteiger partial charge in [-0.3, -0.25) is 0 Å². The summed E-state index contributed by atoms with van der Waals surface area (Å²) >= 11 is 0. The molecule has 3 rings (SSSR count). The van der Waals surface area contributed by atoms with Crippen LogP contribution in [0.1, 0.15) is 30.0 Å². The van der Waals surface area contributed by atoms with Gasteiger partial charge in [-0.15, -0.1) is 0 Å². The van der Waals surface area contributed by atoms with Crippen LogP contribution in [0, 0.1) is 6.92 Å². The maximum atomic E-state index is 9.37. The topological polar surface area (TPSA) is 37.2 Å². The fourth-order valence-corrected chi connectivity index (χ4v) is 3.08. The van der Waals surface area contributed by atoms with Crippen LogP contribution in [0.15, 0.2) is 54.7 Å². The van der Waals surface area contributed by atoms with Crippen molar-refractivity contribution >= 4 is 10.9 Å². The molecule has 0 saturated heterocycles. The summed E-state index contributed by atoms with van der Waals surface area (Å²) in [6.07, 6.45) is 3.17. The van der Waals surface area contributed by atoms with Gasteiger partial charge in [-0.25, -0.2) is 0 Å². The van der Waals surface area contributed by atoms with E-state index < -0.39 is 0 Å². The van der Waals surface area contributed by atoms with Crippen molar-refractivity contribution < 1.29 is 5.11 Å². The highest BCUT2D eigenvalue weighted by Crippen LogP contribution is 2.22. The summed E-state index contributed by atoms with van der Waals surface area (Å²) in [6.45, 7) is 6.04. The molecule has 0 aliphatic heterocycles. The average molecular weight is 322 g/mol. The molecular formula is C21H26N2O. The number of nitrogens with one attached hydrogen (secondary N) is 1. The molecule has 0 bridgehead atoms. The Morgan fingerprint density at radius 3 is 2.54 bits per heavy atom. The summed E-state index contributed by atoms with van der Waals surface area (Å²) < 4.78 is 2.32. The molecule has 2 aromatic carbocycles. The van der Waals surface area contributed by atoms with E-state index in [0.29, 0.717) is 0 Å². The first-order valence-electron chi connectivity index (χ1n) is 8.67. The Labute approximate surface area is 143 Å². The van der Waals surface area contributed by atoms with Gasteiger partial charge in [0.15, 0.2) is 0 Å². The number of hydrogen-bond donors (Lipinski definition) is 2. The van der Waals surface area contributed by atoms with Crippen LogP contribution in [0.3, 0.4) is 0 Å². The van der Waals surface area contributed by atoms with Gasteiger partial charge in [0.2, 0.25) is 0 Å². The first-order chi connectivity index (χ1) is 11.7. The van der Waals surface area contributed by atoms with Gasteiger partial charge in [-0.2, -0.15) is 0 Å². The Morgan fingerprint density at radius 2 is 1.83 bits per heavy atom. The van der Waals surface area contributed by atoms with E-state index in [9.17, 15) is 5.11 Å². The van der Waals surface area contributed by atoms with E-state index in [-0.39, 0.29) is 12.6 Å². The van der Waals surface area contributed by atoms with Crippen LogP contribution in [-0.4, -0.2) is 22.3 Å². The summed E-state index contributed by atoms with van der Waals surface area (Å²) in [6, 6.07) is 17.4. The summed E-state index contributed by atoms with van der Waals surface area (Å²) in [7, 11) is 0. The molecule has 0 saturated carbocycles. The van der Waals surface area contributed by atoms with Crippen molar-refractivity contribution in [3.63, 3.8) is 0 Å². The second kappa shape index (κ2) is 7.65. The van der Waals surface area contributed by atoms with Crippen molar-refractivity contribution in [3.8, 4) is 0 Å². The summed E-state index contributed by atoms with van der Waals surface area (Å²) in [5.41, 5.74) is 5.13. The Balaban J connectivity index is 1.87. The van der Waals surface area contributed by atoms with Crippen molar-refractivity contribution in [1.82, 2.24) is 9.88 Å². The van der Waals surface area contributed by atoms with Crippen molar-refractivity contribution in [3.05, 3.63) is 71.4 Å². The van der Waals surface area contributed by atoms with E-state index in [2.05, 4.69) is 78.5 Å². The Bertz CT molecular complexity index is 785. The van der Waals surface area contributed by atoms with Crippen LogP contribution in [0.5, 0.6) is 0 Å². The molecule has 0 aliphatic carbocycles. The van der Waals surface area contributed by atoms with E-state index in [1.807, 2.05) is 0 Å². The predicted octanol–water partition coefficient (Wildman–Crippen LogP) is 3.86. The lowest BCUT2D eigenvalue weighted by Crippen LogP contribution is -2.31. The van der Waals surface area contributed by atoms with Crippen LogP contribution in [0.25, 0.3) is 10.9 Å². The molecule has 126 valence electrons. The van der Waals surface area contributed by atoms with Crippen LogP contribution in [-0.2, 0) is 13.1 Å². The van der Waals surface area contributed by atoms with Crippen molar-refractivity contribution in [2.45, 2.75) is 39.4 Å². The predicted molar refractivity (Wildman–Crippen MR) is 100 cm³/mol. The number of rotatable bonds is 7. The lowest BCUT2D eigenvalue weighted by molar-refractivity contribution is 0.238. The smallest absolute Gasteiger partial charge is 0.0584 e. The van der Waals surface area contributed by atoms with Crippen LogP contribution in [0.2, 0.25) is 0 Å². The lowest BCUT2D eigenvalue weighted by Gasteiger charge is -2.13. The van der Waals surface area contributed by atoms with E-state index in [1.54, 1.807) is 0 Å². The molecule has 3 aromatic rings. The SMILES string of the molecule is CC[C@@H](CO)NCc1cn(Cc2ccc(C)cc2)c2ccccc12. The highest BCUT2D eigenvalue weighted by Gasteiger charge is 2.10. The minimum Gasteiger partial charge on any atom is -0.395 e. The molecule has 0 amide bonds. The molecule has 0 aliphatic rings. The third kappa shape index (κ3) is 3.69. The number of para-hydroxylation sites is 1. The third-order valence-electron chi connectivity index (χ3n) is 4.64. The highest BCUT2D eigenvalue weighted by molar-refractivity contribution is 5.84. The molecule has 3 nitrogen and oxygen atoms in total. The highest BCUT2D eigenvalue weighted by atomic mass is 16.3. The molecule has 0 spiro atoms. The van der Waals surface area contributed by atoms with Gasteiger partial charge in [-0.1, -0.05) is 55.0 Å². The van der Waals surface area contributed by atoms with Crippen molar-refractivity contribution in [2.75, 3.05) is 6.61 Å². The Kier molecular flexibility index (Phi) is 5.34. The number of nitrogens with zero attached hydrogens (tertiary/aromatic N) is 1. The molecule has 0 fully saturated rings. The van der Waals surface area contributed by atoms with Gasteiger partial charge in [0.05, 0.1) is 6.61 Å². The van der Waals surface area contributed by atoms with E-state index >= 15 is 0 Å². The fourth-order valence-electron chi connectivity index (χ4n) is 3.08. The Morgan fingerprint density at radius 1 is 1.08 bits per heavy atom. The average Bonchev–Trinajstić information content (AvgIpc) is 2.96. The molecule has 1 aromatic heterocycles. The van der Waals surface area contributed by atoms with E-state index in [1.165, 1.54) is 27.6 Å². The zero-order valence-corrected chi connectivity index (χ0v) is 14.5. The van der Waals surface area contributed by atoms with Crippen LogP contribution >= 0.6 is 0 Å². The summed E-state index contributed by atoms with van der Waals surface area (Å²) in [5.74, 6) is 0. The largest absolute Gasteiger partial charge is 0.395 e. The number of aryl methyl sites for hydroxylation is 1. The molecule has 3 heteroatoms. The van der Waals surface area contributed by atoms with Crippen LogP contribution in [0.4, 0.5) is 0 Å².